The van der Waals surface area contributed by atoms with Crippen LogP contribution in [0.4, 0.5) is 0 Å². The zero-order chi connectivity index (χ0) is 12.5. The highest BCUT2D eigenvalue weighted by Crippen LogP contribution is 2.32. The maximum atomic E-state index is 12.3. The minimum Gasteiger partial charge on any atom is -0.289 e. The molecule has 0 radical (unpaired) electrons. The molecule has 0 atom stereocenters. The second-order valence-electron chi connectivity index (χ2n) is 4.23. The largest absolute Gasteiger partial charge is 0.289 e. The van der Waals surface area contributed by atoms with Crippen LogP contribution in [0.1, 0.15) is 15.9 Å². The average molecular weight is 256 g/mol. The number of ketones is 1. The molecule has 0 saturated heterocycles. The summed E-state index contributed by atoms with van der Waals surface area (Å²) in [5.74, 6) is 0.860. The normalized spacial score (nSPS) is 16.9. The summed E-state index contributed by atoms with van der Waals surface area (Å²) in [6.45, 7) is 0. The Labute approximate surface area is 110 Å². The molecule has 2 heterocycles. The zero-order valence-electron chi connectivity index (χ0n) is 9.96. The van der Waals surface area contributed by atoms with Gasteiger partial charge in [-0.1, -0.05) is 12.1 Å². The Morgan fingerprint density at radius 3 is 3.00 bits per heavy atom. The Hall–Kier alpha value is -1.81. The Morgan fingerprint density at radius 2 is 2.22 bits per heavy atom. The number of aromatic nitrogens is 2. The summed E-state index contributed by atoms with van der Waals surface area (Å²) in [5.41, 5.74) is 2.62. The van der Waals surface area contributed by atoms with Gasteiger partial charge in [0, 0.05) is 40.6 Å². The summed E-state index contributed by atoms with van der Waals surface area (Å²) in [4.78, 5) is 13.4. The van der Waals surface area contributed by atoms with Crippen molar-refractivity contribution < 1.29 is 4.79 Å². The summed E-state index contributed by atoms with van der Waals surface area (Å²) >= 11 is 1.71. The van der Waals surface area contributed by atoms with Gasteiger partial charge in [0.1, 0.15) is 0 Å². The molecule has 1 aliphatic heterocycles. The number of hydrogen-bond donors (Lipinski definition) is 0. The molecule has 0 amide bonds. The third-order valence-corrected chi connectivity index (χ3v) is 3.99. The molecule has 1 aliphatic rings. The molecule has 4 heteroatoms. The number of thioether (sulfide) groups is 1. The van der Waals surface area contributed by atoms with Gasteiger partial charge in [-0.3, -0.25) is 9.48 Å². The Balaban J connectivity index is 1.98. The van der Waals surface area contributed by atoms with Gasteiger partial charge in [-0.2, -0.15) is 5.10 Å². The van der Waals surface area contributed by atoms with Crippen molar-refractivity contribution in [1.82, 2.24) is 9.78 Å². The van der Waals surface area contributed by atoms with E-state index in [-0.39, 0.29) is 5.78 Å². The molecule has 2 aromatic rings. The van der Waals surface area contributed by atoms with Crippen molar-refractivity contribution in [1.29, 1.82) is 0 Å². The van der Waals surface area contributed by atoms with Gasteiger partial charge in [0.15, 0.2) is 5.78 Å². The third kappa shape index (κ3) is 1.99. The highest BCUT2D eigenvalue weighted by molar-refractivity contribution is 7.99. The van der Waals surface area contributed by atoms with E-state index >= 15 is 0 Å². The van der Waals surface area contributed by atoms with Crippen LogP contribution in [0.15, 0.2) is 47.1 Å². The van der Waals surface area contributed by atoms with Gasteiger partial charge in [0.05, 0.1) is 6.20 Å². The SMILES string of the molecule is Cn1cc(/C=C2/CSc3ccccc3C2=O)cn1. The molecule has 0 N–H and O–H groups in total. The second-order valence-corrected chi connectivity index (χ2v) is 5.25. The quantitative estimate of drug-likeness (QED) is 0.736. The lowest BCUT2D eigenvalue weighted by Gasteiger charge is -2.16. The molecule has 0 saturated carbocycles. The van der Waals surface area contributed by atoms with Crippen LogP contribution < -0.4 is 0 Å². The molecule has 90 valence electrons. The minimum atomic E-state index is 0.133. The Kier molecular flexibility index (Phi) is 2.80. The van der Waals surface area contributed by atoms with E-state index in [0.717, 1.165) is 27.3 Å². The lowest BCUT2D eigenvalue weighted by atomic mass is 10.0. The number of Topliss-reactive ketones (excluding diaryl/α,β-unsaturated/α-hetero) is 1. The maximum Gasteiger partial charge on any atom is 0.191 e. The number of carbonyl (C=O) groups excluding carboxylic acids is 1. The number of benzene rings is 1. The van der Waals surface area contributed by atoms with E-state index in [1.165, 1.54) is 0 Å². The first kappa shape index (κ1) is 11.3. The summed E-state index contributed by atoms with van der Waals surface area (Å²) in [7, 11) is 1.87. The van der Waals surface area contributed by atoms with Gasteiger partial charge in [-0.25, -0.2) is 0 Å². The van der Waals surface area contributed by atoms with Crippen LogP contribution in [0.25, 0.3) is 6.08 Å². The number of nitrogens with zero attached hydrogens (tertiary/aromatic N) is 2. The van der Waals surface area contributed by atoms with Crippen molar-refractivity contribution in [2.45, 2.75) is 4.90 Å². The molecule has 1 aromatic carbocycles. The van der Waals surface area contributed by atoms with Gasteiger partial charge in [-0.05, 0) is 18.2 Å². The van der Waals surface area contributed by atoms with Crippen LogP contribution in [-0.2, 0) is 7.05 Å². The van der Waals surface area contributed by atoms with E-state index in [0.29, 0.717) is 0 Å². The number of carbonyl (C=O) groups is 1. The molecule has 18 heavy (non-hydrogen) atoms. The highest BCUT2D eigenvalue weighted by atomic mass is 32.2. The molecule has 0 fully saturated rings. The molecule has 0 aliphatic carbocycles. The van der Waals surface area contributed by atoms with Crippen LogP contribution in [-0.4, -0.2) is 21.3 Å². The van der Waals surface area contributed by atoms with Gasteiger partial charge < -0.3 is 0 Å². The lowest BCUT2D eigenvalue weighted by Crippen LogP contribution is -2.11. The smallest absolute Gasteiger partial charge is 0.191 e. The van der Waals surface area contributed by atoms with Crippen LogP contribution in [0.5, 0.6) is 0 Å². The van der Waals surface area contributed by atoms with E-state index in [1.807, 2.05) is 43.6 Å². The first-order valence-electron chi connectivity index (χ1n) is 5.70. The monoisotopic (exact) mass is 256 g/mol. The van der Waals surface area contributed by atoms with E-state index in [9.17, 15) is 4.79 Å². The second kappa shape index (κ2) is 4.46. The van der Waals surface area contributed by atoms with Crippen molar-refractivity contribution in [2.75, 3.05) is 5.75 Å². The number of hydrogen-bond acceptors (Lipinski definition) is 3. The predicted octanol–water partition coefficient (Wildman–Crippen LogP) is 2.79. The Bertz CT molecular complexity index is 643. The van der Waals surface area contributed by atoms with E-state index in [4.69, 9.17) is 0 Å². The molecule has 3 nitrogen and oxygen atoms in total. The topological polar surface area (TPSA) is 34.9 Å². The van der Waals surface area contributed by atoms with Crippen molar-refractivity contribution in [3.8, 4) is 0 Å². The summed E-state index contributed by atoms with van der Waals surface area (Å²) in [6, 6.07) is 7.76. The van der Waals surface area contributed by atoms with Crippen molar-refractivity contribution in [3.05, 3.63) is 53.4 Å². The fraction of sp³-hybridized carbons (Fsp3) is 0.143. The maximum absolute atomic E-state index is 12.3. The van der Waals surface area contributed by atoms with Crippen LogP contribution in [0.3, 0.4) is 0 Å². The molecule has 0 bridgehead atoms. The molecular formula is C14H12N2OS. The summed E-state index contributed by atoms with van der Waals surface area (Å²) in [6.07, 6.45) is 5.61. The molecule has 3 rings (SSSR count). The third-order valence-electron chi connectivity index (χ3n) is 2.87. The highest BCUT2D eigenvalue weighted by Gasteiger charge is 2.21. The van der Waals surface area contributed by atoms with Gasteiger partial charge in [0.2, 0.25) is 0 Å². The minimum absolute atomic E-state index is 0.133. The fourth-order valence-corrected chi connectivity index (χ4v) is 3.01. The average Bonchev–Trinajstić information content (AvgIpc) is 2.79. The fourth-order valence-electron chi connectivity index (χ4n) is 2.00. The number of aryl methyl sites for hydroxylation is 1. The van der Waals surface area contributed by atoms with Crippen LogP contribution in [0.2, 0.25) is 0 Å². The summed E-state index contributed by atoms with van der Waals surface area (Å²) in [5, 5.41) is 4.11. The standard InChI is InChI=1S/C14H12N2OS/c1-16-8-10(7-15-16)6-11-9-18-13-5-3-2-4-12(13)14(11)17/h2-8H,9H2,1H3/b11-6-. The Morgan fingerprint density at radius 1 is 1.39 bits per heavy atom. The zero-order valence-corrected chi connectivity index (χ0v) is 10.8. The first-order valence-corrected chi connectivity index (χ1v) is 6.68. The van der Waals surface area contributed by atoms with Crippen molar-refractivity contribution >= 4 is 23.6 Å². The van der Waals surface area contributed by atoms with Gasteiger partial charge >= 0.3 is 0 Å². The van der Waals surface area contributed by atoms with E-state index in [1.54, 1.807) is 22.6 Å². The van der Waals surface area contributed by atoms with Gasteiger partial charge in [0.25, 0.3) is 0 Å². The lowest BCUT2D eigenvalue weighted by molar-refractivity contribution is 0.103. The molecule has 0 unspecified atom stereocenters. The number of fused-ring (bicyclic) bond motifs is 1. The first-order chi connectivity index (χ1) is 8.74. The predicted molar refractivity (Wildman–Crippen MR) is 72.7 cm³/mol. The molecular weight excluding hydrogens is 244 g/mol. The molecule has 1 aromatic heterocycles. The number of rotatable bonds is 1. The van der Waals surface area contributed by atoms with E-state index < -0.39 is 0 Å². The van der Waals surface area contributed by atoms with Crippen LogP contribution in [0, 0.1) is 0 Å². The molecule has 0 spiro atoms. The van der Waals surface area contributed by atoms with Crippen LogP contribution >= 0.6 is 11.8 Å². The van der Waals surface area contributed by atoms with Crippen molar-refractivity contribution in [3.63, 3.8) is 0 Å². The van der Waals surface area contributed by atoms with Crippen molar-refractivity contribution in [2.24, 2.45) is 7.05 Å². The van der Waals surface area contributed by atoms with E-state index in [2.05, 4.69) is 5.10 Å². The summed E-state index contributed by atoms with van der Waals surface area (Å²) < 4.78 is 1.74. The van der Waals surface area contributed by atoms with Gasteiger partial charge in [-0.15, -0.1) is 11.8 Å².